The van der Waals surface area contributed by atoms with Crippen LogP contribution in [0.2, 0.25) is 0 Å². The molecule has 1 aromatic carbocycles. The Kier molecular flexibility index (Phi) is 3.88. The molecule has 0 unspecified atom stereocenters. The van der Waals surface area contributed by atoms with Gasteiger partial charge in [-0.3, -0.25) is 9.36 Å². The smallest absolute Gasteiger partial charge is 0.238 e. The van der Waals surface area contributed by atoms with Crippen molar-refractivity contribution in [3.8, 4) is 11.8 Å². The zero-order valence-electron chi connectivity index (χ0n) is 10.5. The van der Waals surface area contributed by atoms with Gasteiger partial charge >= 0.3 is 0 Å². The van der Waals surface area contributed by atoms with Crippen molar-refractivity contribution in [1.82, 2.24) is 14.8 Å². The van der Waals surface area contributed by atoms with Gasteiger partial charge in [0.25, 0.3) is 0 Å². The summed E-state index contributed by atoms with van der Waals surface area (Å²) in [5.74, 6) is -0.307. The number of amides is 1. The summed E-state index contributed by atoms with van der Waals surface area (Å²) in [6.45, 7) is 2.01. The average molecular weight is 255 g/mol. The molecular weight excluding hydrogens is 242 g/mol. The molecule has 96 valence electrons. The molecule has 0 spiro atoms. The monoisotopic (exact) mass is 255 g/mol. The third-order valence-electron chi connectivity index (χ3n) is 2.70. The van der Waals surface area contributed by atoms with Crippen molar-refractivity contribution in [3.63, 3.8) is 0 Å². The molecule has 0 saturated heterocycles. The van der Waals surface area contributed by atoms with E-state index in [2.05, 4.69) is 15.5 Å². The number of anilines is 1. The van der Waals surface area contributed by atoms with Crippen molar-refractivity contribution < 1.29 is 4.79 Å². The highest BCUT2D eigenvalue weighted by Gasteiger charge is 2.07. The van der Waals surface area contributed by atoms with Crippen LogP contribution in [-0.4, -0.2) is 20.7 Å². The highest BCUT2D eigenvalue weighted by Crippen LogP contribution is 2.21. The average Bonchev–Trinajstić information content (AvgIpc) is 2.93. The number of carbonyl (C=O) groups is 1. The largest absolute Gasteiger partial charge is 0.325 e. The van der Waals surface area contributed by atoms with Gasteiger partial charge in [-0.25, -0.2) is 0 Å². The number of hydrogen-bond acceptors (Lipinski definition) is 4. The Labute approximate surface area is 110 Å². The molecule has 0 aliphatic rings. The number of nitriles is 1. The molecule has 0 fully saturated rings. The molecule has 0 atom stereocenters. The number of carbonyl (C=O) groups excluding carboxylic acids is 1. The summed E-state index contributed by atoms with van der Waals surface area (Å²) in [6, 6.07) is 7.55. The van der Waals surface area contributed by atoms with Gasteiger partial charge in [0.05, 0.1) is 11.8 Å². The van der Waals surface area contributed by atoms with Gasteiger partial charge in [-0.1, -0.05) is 13.0 Å². The Bertz CT molecular complexity index is 612. The van der Waals surface area contributed by atoms with E-state index in [4.69, 9.17) is 5.26 Å². The van der Waals surface area contributed by atoms with Crippen molar-refractivity contribution in [2.75, 3.05) is 5.32 Å². The summed E-state index contributed by atoms with van der Waals surface area (Å²) in [5, 5.41) is 18.8. The lowest BCUT2D eigenvalue weighted by Crippen LogP contribution is -2.12. The zero-order valence-corrected chi connectivity index (χ0v) is 10.5. The van der Waals surface area contributed by atoms with Crippen LogP contribution in [0.4, 0.5) is 5.69 Å². The van der Waals surface area contributed by atoms with E-state index in [1.807, 2.05) is 31.2 Å². The summed E-state index contributed by atoms with van der Waals surface area (Å²) >= 11 is 0. The maximum Gasteiger partial charge on any atom is 0.238 e. The molecule has 1 heterocycles. The molecule has 1 amide bonds. The number of benzene rings is 1. The SMILES string of the molecule is CCc1ccc(-n2cnnc2)cc1NC(=O)CC#N. The fraction of sp³-hybridized carbons (Fsp3) is 0.231. The third kappa shape index (κ3) is 2.96. The first-order valence-electron chi connectivity index (χ1n) is 5.89. The molecule has 0 aliphatic carbocycles. The Morgan fingerprint density at radius 1 is 1.42 bits per heavy atom. The quantitative estimate of drug-likeness (QED) is 0.900. The van der Waals surface area contributed by atoms with Crippen molar-refractivity contribution >= 4 is 11.6 Å². The molecule has 1 aromatic heterocycles. The van der Waals surface area contributed by atoms with Crippen LogP contribution in [-0.2, 0) is 11.2 Å². The number of hydrogen-bond donors (Lipinski definition) is 1. The first kappa shape index (κ1) is 12.8. The predicted octanol–water partition coefficient (Wildman–Crippen LogP) is 1.68. The normalized spacial score (nSPS) is 9.89. The number of nitrogens with one attached hydrogen (secondary N) is 1. The van der Waals surface area contributed by atoms with Gasteiger partial charge < -0.3 is 5.32 Å². The first-order chi connectivity index (χ1) is 9.24. The van der Waals surface area contributed by atoms with Crippen LogP contribution in [0.3, 0.4) is 0 Å². The topological polar surface area (TPSA) is 83.6 Å². The van der Waals surface area contributed by atoms with Crippen molar-refractivity contribution in [2.45, 2.75) is 19.8 Å². The van der Waals surface area contributed by atoms with Crippen LogP contribution in [0.15, 0.2) is 30.9 Å². The Balaban J connectivity index is 2.32. The first-order valence-corrected chi connectivity index (χ1v) is 5.89. The molecule has 0 aliphatic heterocycles. The molecule has 6 heteroatoms. The van der Waals surface area contributed by atoms with E-state index < -0.39 is 0 Å². The second kappa shape index (κ2) is 5.78. The van der Waals surface area contributed by atoms with Gasteiger partial charge in [-0.15, -0.1) is 10.2 Å². The van der Waals surface area contributed by atoms with E-state index in [1.54, 1.807) is 17.2 Å². The second-order valence-electron chi connectivity index (χ2n) is 3.95. The number of aryl methyl sites for hydroxylation is 1. The summed E-state index contributed by atoms with van der Waals surface area (Å²) in [7, 11) is 0. The van der Waals surface area contributed by atoms with E-state index in [0.29, 0.717) is 5.69 Å². The lowest BCUT2D eigenvalue weighted by atomic mass is 10.1. The van der Waals surface area contributed by atoms with Gasteiger partial charge in [-0.2, -0.15) is 5.26 Å². The molecule has 2 aromatic rings. The van der Waals surface area contributed by atoms with Gasteiger partial charge in [0.15, 0.2) is 0 Å². The van der Waals surface area contributed by atoms with Crippen LogP contribution in [0, 0.1) is 11.3 Å². The molecule has 0 radical (unpaired) electrons. The van der Waals surface area contributed by atoms with E-state index in [1.165, 1.54) is 0 Å². The fourth-order valence-electron chi connectivity index (χ4n) is 1.75. The van der Waals surface area contributed by atoms with Crippen LogP contribution in [0.5, 0.6) is 0 Å². The minimum Gasteiger partial charge on any atom is -0.325 e. The zero-order chi connectivity index (χ0) is 13.7. The molecule has 0 saturated carbocycles. The number of nitrogens with zero attached hydrogens (tertiary/aromatic N) is 4. The maximum absolute atomic E-state index is 11.5. The molecule has 19 heavy (non-hydrogen) atoms. The van der Waals surface area contributed by atoms with Crippen molar-refractivity contribution in [1.29, 1.82) is 5.26 Å². The van der Waals surface area contributed by atoms with Crippen LogP contribution < -0.4 is 5.32 Å². The lowest BCUT2D eigenvalue weighted by molar-refractivity contribution is -0.115. The Morgan fingerprint density at radius 2 is 2.16 bits per heavy atom. The van der Waals surface area contributed by atoms with E-state index >= 15 is 0 Å². The lowest BCUT2D eigenvalue weighted by Gasteiger charge is -2.11. The minimum atomic E-state index is -0.307. The second-order valence-corrected chi connectivity index (χ2v) is 3.95. The Hall–Kier alpha value is -2.68. The maximum atomic E-state index is 11.5. The van der Waals surface area contributed by atoms with Crippen LogP contribution in [0.25, 0.3) is 5.69 Å². The molecule has 0 bridgehead atoms. The Morgan fingerprint density at radius 3 is 2.79 bits per heavy atom. The van der Waals surface area contributed by atoms with Gasteiger partial charge in [0, 0.05) is 5.69 Å². The number of aromatic nitrogens is 3. The van der Waals surface area contributed by atoms with E-state index in [9.17, 15) is 4.79 Å². The fourth-order valence-corrected chi connectivity index (χ4v) is 1.75. The summed E-state index contributed by atoms with van der Waals surface area (Å²) in [6.07, 6.45) is 3.81. The van der Waals surface area contributed by atoms with Crippen molar-refractivity contribution in [2.24, 2.45) is 0 Å². The van der Waals surface area contributed by atoms with Gasteiger partial charge in [0.2, 0.25) is 5.91 Å². The molecular formula is C13H13N5O. The van der Waals surface area contributed by atoms with Gasteiger partial charge in [0.1, 0.15) is 19.1 Å². The predicted molar refractivity (Wildman–Crippen MR) is 69.6 cm³/mol. The standard InChI is InChI=1S/C13H13N5O/c1-2-10-3-4-11(18-8-15-16-9-18)7-12(10)17-13(19)5-6-14/h3-4,7-9H,2,5H2,1H3,(H,17,19). The molecule has 2 rings (SSSR count). The highest BCUT2D eigenvalue weighted by molar-refractivity contribution is 5.93. The highest BCUT2D eigenvalue weighted by atomic mass is 16.1. The summed E-state index contributed by atoms with van der Waals surface area (Å²) < 4.78 is 1.75. The van der Waals surface area contributed by atoms with Crippen LogP contribution in [0.1, 0.15) is 18.9 Å². The third-order valence-corrected chi connectivity index (χ3v) is 2.70. The molecule has 6 nitrogen and oxygen atoms in total. The summed E-state index contributed by atoms with van der Waals surface area (Å²) in [5.41, 5.74) is 2.59. The minimum absolute atomic E-state index is 0.153. The van der Waals surface area contributed by atoms with Gasteiger partial charge in [-0.05, 0) is 24.1 Å². The summed E-state index contributed by atoms with van der Waals surface area (Å²) in [4.78, 5) is 11.5. The van der Waals surface area contributed by atoms with Crippen LogP contribution >= 0.6 is 0 Å². The molecule has 1 N–H and O–H groups in total. The number of rotatable bonds is 4. The van der Waals surface area contributed by atoms with E-state index in [-0.39, 0.29) is 12.3 Å². The van der Waals surface area contributed by atoms with E-state index in [0.717, 1.165) is 17.7 Å². The van der Waals surface area contributed by atoms with Crippen molar-refractivity contribution in [3.05, 3.63) is 36.4 Å².